The van der Waals surface area contributed by atoms with Crippen molar-refractivity contribution in [3.8, 4) is 17.1 Å². The van der Waals surface area contributed by atoms with Gasteiger partial charge in [0.2, 0.25) is 11.7 Å². The molecular formula is C16H18N6O2S. The number of thiazole rings is 1. The van der Waals surface area contributed by atoms with Crippen molar-refractivity contribution in [1.82, 2.24) is 25.2 Å². The minimum atomic E-state index is -0.249. The van der Waals surface area contributed by atoms with Crippen LogP contribution in [0.3, 0.4) is 0 Å². The molecule has 0 radical (unpaired) electrons. The fourth-order valence-electron chi connectivity index (χ4n) is 2.04. The molecule has 0 saturated heterocycles. The second-order valence-electron chi connectivity index (χ2n) is 5.36. The predicted molar refractivity (Wildman–Crippen MR) is 94.5 cm³/mol. The van der Waals surface area contributed by atoms with Gasteiger partial charge in [0.1, 0.15) is 12.3 Å². The molecule has 0 aliphatic carbocycles. The molecule has 0 spiro atoms. The Hall–Kier alpha value is -2.81. The molecule has 0 aliphatic heterocycles. The number of nitrogens with zero attached hydrogens (tertiary/aromatic N) is 5. The van der Waals surface area contributed by atoms with E-state index in [1.807, 2.05) is 36.6 Å². The molecule has 1 N–H and O–H groups in total. The van der Waals surface area contributed by atoms with E-state index in [0.29, 0.717) is 17.6 Å². The number of carbonyl (C=O) groups is 1. The maximum absolute atomic E-state index is 12.0. The van der Waals surface area contributed by atoms with Gasteiger partial charge in [-0.3, -0.25) is 4.79 Å². The minimum Gasteiger partial charge on any atom is -0.494 e. The monoisotopic (exact) mass is 358 g/mol. The lowest BCUT2D eigenvalue weighted by atomic mass is 10.2. The number of nitrogens with one attached hydrogen (secondary N) is 1. The minimum absolute atomic E-state index is 0.0245. The van der Waals surface area contributed by atoms with Crippen LogP contribution in [0.25, 0.3) is 11.4 Å². The summed E-state index contributed by atoms with van der Waals surface area (Å²) in [7, 11) is 0. The first-order chi connectivity index (χ1) is 12.1. The first-order valence-corrected chi connectivity index (χ1v) is 8.75. The Labute approximate surface area is 148 Å². The largest absolute Gasteiger partial charge is 0.494 e. The Morgan fingerprint density at radius 3 is 2.80 bits per heavy atom. The molecule has 130 valence electrons. The highest BCUT2D eigenvalue weighted by molar-refractivity contribution is 7.13. The summed E-state index contributed by atoms with van der Waals surface area (Å²) >= 11 is 1.38. The molecule has 1 aromatic carbocycles. The van der Waals surface area contributed by atoms with Crippen molar-refractivity contribution in [3.05, 3.63) is 35.3 Å². The van der Waals surface area contributed by atoms with E-state index in [1.54, 1.807) is 0 Å². The van der Waals surface area contributed by atoms with Gasteiger partial charge in [0, 0.05) is 10.9 Å². The fourth-order valence-corrected chi connectivity index (χ4v) is 2.75. The molecule has 0 saturated carbocycles. The average molecular weight is 358 g/mol. The molecule has 1 amide bonds. The Kier molecular flexibility index (Phi) is 5.34. The number of carbonyl (C=O) groups excluding carboxylic acids is 1. The molecular weight excluding hydrogens is 340 g/mol. The Balaban J connectivity index is 1.60. The van der Waals surface area contributed by atoms with Gasteiger partial charge in [0.25, 0.3) is 0 Å². The molecule has 0 aliphatic rings. The molecule has 3 aromatic rings. The lowest BCUT2D eigenvalue weighted by Crippen LogP contribution is -2.20. The summed E-state index contributed by atoms with van der Waals surface area (Å²) in [4.78, 5) is 17.4. The number of aryl methyl sites for hydroxylation is 1. The number of aromatic nitrogens is 5. The molecule has 0 unspecified atom stereocenters. The number of benzene rings is 1. The number of hydrogen-bond acceptors (Lipinski definition) is 7. The van der Waals surface area contributed by atoms with Crippen LogP contribution in [-0.2, 0) is 11.3 Å². The Morgan fingerprint density at radius 1 is 1.32 bits per heavy atom. The number of ether oxygens (including phenoxy) is 1. The number of amides is 1. The number of anilines is 1. The maximum atomic E-state index is 12.0. The van der Waals surface area contributed by atoms with Crippen molar-refractivity contribution in [2.45, 2.75) is 26.8 Å². The van der Waals surface area contributed by atoms with Gasteiger partial charge < -0.3 is 10.1 Å². The maximum Gasteiger partial charge on any atom is 0.249 e. The average Bonchev–Trinajstić information content (AvgIpc) is 3.22. The van der Waals surface area contributed by atoms with Crippen LogP contribution in [0.1, 0.15) is 19.0 Å². The van der Waals surface area contributed by atoms with Gasteiger partial charge in [0.15, 0.2) is 5.13 Å². The lowest BCUT2D eigenvalue weighted by molar-refractivity contribution is -0.117. The van der Waals surface area contributed by atoms with E-state index in [-0.39, 0.29) is 12.5 Å². The second kappa shape index (κ2) is 7.84. The van der Waals surface area contributed by atoms with Crippen LogP contribution in [0, 0.1) is 6.92 Å². The highest BCUT2D eigenvalue weighted by Crippen LogP contribution is 2.19. The van der Waals surface area contributed by atoms with Crippen LogP contribution >= 0.6 is 11.3 Å². The van der Waals surface area contributed by atoms with Gasteiger partial charge in [-0.15, -0.1) is 21.5 Å². The topological polar surface area (TPSA) is 94.8 Å². The number of rotatable bonds is 7. The zero-order chi connectivity index (χ0) is 17.6. The van der Waals surface area contributed by atoms with Crippen LogP contribution < -0.4 is 10.1 Å². The third-order valence-corrected chi connectivity index (χ3v) is 4.06. The summed E-state index contributed by atoms with van der Waals surface area (Å²) in [5.41, 5.74) is 1.68. The van der Waals surface area contributed by atoms with E-state index in [4.69, 9.17) is 4.74 Å². The second-order valence-corrected chi connectivity index (χ2v) is 6.22. The van der Waals surface area contributed by atoms with Crippen molar-refractivity contribution in [2.75, 3.05) is 11.9 Å². The van der Waals surface area contributed by atoms with Crippen LogP contribution in [0.4, 0.5) is 5.13 Å². The SMILES string of the molecule is CCCOc1ccc(-c2nnn(CC(=O)Nc3nc(C)cs3)n2)cc1. The summed E-state index contributed by atoms with van der Waals surface area (Å²) in [6.45, 7) is 4.59. The van der Waals surface area contributed by atoms with E-state index in [9.17, 15) is 4.79 Å². The molecule has 3 rings (SSSR count). The molecule has 2 aromatic heterocycles. The summed E-state index contributed by atoms with van der Waals surface area (Å²) in [5.74, 6) is 1.01. The van der Waals surface area contributed by atoms with Gasteiger partial charge in [-0.2, -0.15) is 4.80 Å². The van der Waals surface area contributed by atoms with E-state index < -0.39 is 0 Å². The molecule has 0 bridgehead atoms. The number of tetrazole rings is 1. The third-order valence-electron chi connectivity index (χ3n) is 3.19. The lowest BCUT2D eigenvalue weighted by Gasteiger charge is -2.04. The summed E-state index contributed by atoms with van der Waals surface area (Å²) in [5, 5.41) is 17.3. The first kappa shape index (κ1) is 17.0. The molecule has 25 heavy (non-hydrogen) atoms. The number of hydrogen-bond donors (Lipinski definition) is 1. The van der Waals surface area contributed by atoms with Crippen LogP contribution in [0.15, 0.2) is 29.6 Å². The van der Waals surface area contributed by atoms with E-state index in [2.05, 4.69) is 32.6 Å². The van der Waals surface area contributed by atoms with E-state index in [0.717, 1.165) is 23.4 Å². The van der Waals surface area contributed by atoms with E-state index in [1.165, 1.54) is 16.1 Å². The Morgan fingerprint density at radius 2 is 2.12 bits per heavy atom. The molecule has 8 nitrogen and oxygen atoms in total. The summed E-state index contributed by atoms with van der Waals surface area (Å²) < 4.78 is 5.54. The quantitative estimate of drug-likeness (QED) is 0.697. The normalized spacial score (nSPS) is 10.6. The van der Waals surface area contributed by atoms with Crippen molar-refractivity contribution >= 4 is 22.4 Å². The van der Waals surface area contributed by atoms with Crippen LogP contribution in [0.5, 0.6) is 5.75 Å². The standard InChI is InChI=1S/C16H18N6O2S/c1-3-8-24-13-6-4-12(5-7-13)15-19-21-22(20-15)9-14(23)18-16-17-11(2)10-25-16/h4-7,10H,3,8-9H2,1-2H3,(H,17,18,23). The van der Waals surface area contributed by atoms with E-state index >= 15 is 0 Å². The smallest absolute Gasteiger partial charge is 0.249 e. The zero-order valence-corrected chi connectivity index (χ0v) is 14.8. The molecule has 9 heteroatoms. The summed E-state index contributed by atoms with van der Waals surface area (Å²) in [6, 6.07) is 7.46. The summed E-state index contributed by atoms with van der Waals surface area (Å²) in [6.07, 6.45) is 0.959. The van der Waals surface area contributed by atoms with Gasteiger partial charge >= 0.3 is 0 Å². The molecule has 2 heterocycles. The Bertz CT molecular complexity index is 842. The molecule has 0 atom stereocenters. The van der Waals surface area contributed by atoms with Gasteiger partial charge in [0.05, 0.1) is 12.3 Å². The first-order valence-electron chi connectivity index (χ1n) is 7.87. The van der Waals surface area contributed by atoms with Crippen molar-refractivity contribution in [2.24, 2.45) is 0 Å². The fraction of sp³-hybridized carbons (Fsp3) is 0.312. The van der Waals surface area contributed by atoms with Crippen LogP contribution in [-0.4, -0.2) is 37.7 Å². The van der Waals surface area contributed by atoms with Crippen molar-refractivity contribution in [3.63, 3.8) is 0 Å². The van der Waals surface area contributed by atoms with Gasteiger partial charge in [-0.1, -0.05) is 6.92 Å². The van der Waals surface area contributed by atoms with Crippen molar-refractivity contribution in [1.29, 1.82) is 0 Å². The highest BCUT2D eigenvalue weighted by Gasteiger charge is 2.11. The van der Waals surface area contributed by atoms with Gasteiger partial charge in [-0.05, 0) is 42.8 Å². The highest BCUT2D eigenvalue weighted by atomic mass is 32.1. The van der Waals surface area contributed by atoms with Gasteiger partial charge in [-0.25, -0.2) is 4.98 Å². The predicted octanol–water partition coefficient (Wildman–Crippen LogP) is 2.53. The van der Waals surface area contributed by atoms with Crippen molar-refractivity contribution < 1.29 is 9.53 Å². The molecule has 0 fully saturated rings. The third kappa shape index (κ3) is 4.60. The zero-order valence-electron chi connectivity index (χ0n) is 14.0. The van der Waals surface area contributed by atoms with Crippen LogP contribution in [0.2, 0.25) is 0 Å².